The number of aliphatic carboxylic acids is 1. The maximum Gasteiger partial charge on any atom is 0.303 e. The largest absolute Gasteiger partial charge is 0.481 e. The quantitative estimate of drug-likeness (QED) is 0.735. The molecule has 2 aliphatic rings. The Hall–Kier alpha value is -1.01. The zero-order chi connectivity index (χ0) is 11.5. The van der Waals surface area contributed by atoms with Crippen molar-refractivity contribution in [3.8, 4) is 12.3 Å². The summed E-state index contributed by atoms with van der Waals surface area (Å²) in [5.41, 5.74) is 0. The van der Waals surface area contributed by atoms with Gasteiger partial charge in [-0.1, -0.05) is 0 Å². The van der Waals surface area contributed by atoms with Crippen LogP contribution in [0.4, 0.5) is 0 Å². The van der Waals surface area contributed by atoms with E-state index in [0.717, 1.165) is 25.8 Å². The summed E-state index contributed by atoms with van der Waals surface area (Å²) in [6.45, 7) is 0.992. The molecule has 0 saturated carbocycles. The molecule has 88 valence electrons. The van der Waals surface area contributed by atoms with Crippen molar-refractivity contribution in [1.29, 1.82) is 0 Å². The van der Waals surface area contributed by atoms with Gasteiger partial charge in [-0.25, -0.2) is 0 Å². The molecule has 3 nitrogen and oxygen atoms in total. The number of carbonyl (C=O) groups is 1. The predicted octanol–water partition coefficient (Wildman–Crippen LogP) is 1.73. The molecular weight excluding hydrogens is 202 g/mol. The minimum absolute atomic E-state index is 0.343. The summed E-state index contributed by atoms with van der Waals surface area (Å²) >= 11 is 0. The van der Waals surface area contributed by atoms with E-state index in [1.54, 1.807) is 0 Å². The fourth-order valence-electron chi connectivity index (χ4n) is 3.36. The highest BCUT2D eigenvalue weighted by Crippen LogP contribution is 2.39. The first-order valence-corrected chi connectivity index (χ1v) is 6.11. The van der Waals surface area contributed by atoms with Gasteiger partial charge in [-0.05, 0) is 31.6 Å². The van der Waals surface area contributed by atoms with Gasteiger partial charge in [0, 0.05) is 31.5 Å². The summed E-state index contributed by atoms with van der Waals surface area (Å²) in [6.07, 6.45) is 11.0. The monoisotopic (exact) mass is 221 g/mol. The molecule has 0 spiro atoms. The Kier molecular flexibility index (Phi) is 3.50. The minimum atomic E-state index is -0.651. The van der Waals surface area contributed by atoms with Gasteiger partial charge in [0.05, 0.1) is 0 Å². The van der Waals surface area contributed by atoms with E-state index in [1.807, 2.05) is 0 Å². The fourth-order valence-corrected chi connectivity index (χ4v) is 3.36. The van der Waals surface area contributed by atoms with Crippen LogP contribution in [0, 0.1) is 18.3 Å². The standard InChI is InChI=1S/C13H19NO2/c1-2-3-6-14-11-4-5-12(14)8-10(7-11)9-13(15)16/h1,10-12H,3-9H2,(H,15,16). The van der Waals surface area contributed by atoms with E-state index in [1.165, 1.54) is 12.8 Å². The van der Waals surface area contributed by atoms with E-state index in [4.69, 9.17) is 11.5 Å². The topological polar surface area (TPSA) is 40.5 Å². The molecule has 0 amide bonds. The molecule has 2 fully saturated rings. The molecule has 2 bridgehead atoms. The number of fused-ring (bicyclic) bond motifs is 2. The first kappa shape index (κ1) is 11.5. The highest BCUT2D eigenvalue weighted by Gasteiger charge is 2.40. The van der Waals surface area contributed by atoms with Crippen LogP contribution < -0.4 is 0 Å². The summed E-state index contributed by atoms with van der Waals surface area (Å²) in [5.74, 6) is 2.43. The van der Waals surface area contributed by atoms with Gasteiger partial charge in [0.15, 0.2) is 0 Å². The molecule has 2 aliphatic heterocycles. The van der Waals surface area contributed by atoms with Crippen molar-refractivity contribution in [3.05, 3.63) is 0 Å². The molecule has 16 heavy (non-hydrogen) atoms. The van der Waals surface area contributed by atoms with Crippen molar-refractivity contribution in [1.82, 2.24) is 4.90 Å². The lowest BCUT2D eigenvalue weighted by atomic mass is 9.88. The van der Waals surface area contributed by atoms with Crippen LogP contribution in [-0.4, -0.2) is 34.6 Å². The van der Waals surface area contributed by atoms with Crippen molar-refractivity contribution in [2.75, 3.05) is 6.54 Å². The fraction of sp³-hybridized carbons (Fsp3) is 0.769. The first-order valence-electron chi connectivity index (χ1n) is 6.11. The van der Waals surface area contributed by atoms with Gasteiger partial charge in [-0.3, -0.25) is 9.69 Å². The Labute approximate surface area is 96.8 Å². The summed E-state index contributed by atoms with van der Waals surface area (Å²) in [5, 5.41) is 8.83. The Morgan fingerprint density at radius 2 is 2.00 bits per heavy atom. The second-order valence-electron chi connectivity index (χ2n) is 5.01. The number of nitrogens with zero attached hydrogens (tertiary/aromatic N) is 1. The average molecular weight is 221 g/mol. The van der Waals surface area contributed by atoms with Crippen molar-refractivity contribution in [2.45, 2.75) is 50.6 Å². The predicted molar refractivity (Wildman–Crippen MR) is 61.9 cm³/mol. The summed E-state index contributed by atoms with van der Waals surface area (Å²) in [7, 11) is 0. The van der Waals surface area contributed by atoms with E-state index in [9.17, 15) is 4.79 Å². The van der Waals surface area contributed by atoms with Gasteiger partial charge >= 0.3 is 5.97 Å². The van der Waals surface area contributed by atoms with Gasteiger partial charge < -0.3 is 5.11 Å². The molecule has 3 heteroatoms. The lowest BCUT2D eigenvalue weighted by molar-refractivity contribution is -0.138. The molecule has 2 atom stereocenters. The van der Waals surface area contributed by atoms with E-state index < -0.39 is 5.97 Å². The van der Waals surface area contributed by atoms with Crippen molar-refractivity contribution in [2.24, 2.45) is 5.92 Å². The zero-order valence-corrected chi connectivity index (χ0v) is 9.56. The highest BCUT2D eigenvalue weighted by atomic mass is 16.4. The SMILES string of the molecule is C#CCCN1C2CCC1CC(CC(=O)O)C2. The number of terminal acetylenes is 1. The van der Waals surface area contributed by atoms with Crippen LogP contribution in [-0.2, 0) is 4.79 Å². The van der Waals surface area contributed by atoms with Crippen molar-refractivity contribution >= 4 is 5.97 Å². The molecular formula is C13H19NO2. The Bertz CT molecular complexity index is 294. The average Bonchev–Trinajstić information content (AvgIpc) is 2.46. The molecule has 0 aliphatic carbocycles. The van der Waals surface area contributed by atoms with Crippen LogP contribution in [0.25, 0.3) is 0 Å². The minimum Gasteiger partial charge on any atom is -0.481 e. The smallest absolute Gasteiger partial charge is 0.303 e. The molecule has 2 saturated heterocycles. The normalized spacial score (nSPS) is 33.6. The summed E-state index contributed by atoms with van der Waals surface area (Å²) in [6, 6.07) is 1.19. The molecule has 0 radical (unpaired) electrons. The molecule has 0 aromatic carbocycles. The van der Waals surface area contributed by atoms with Crippen LogP contribution in [0.3, 0.4) is 0 Å². The van der Waals surface area contributed by atoms with Crippen LogP contribution in [0.5, 0.6) is 0 Å². The highest BCUT2D eigenvalue weighted by molar-refractivity contribution is 5.67. The molecule has 2 heterocycles. The van der Waals surface area contributed by atoms with Crippen LogP contribution >= 0.6 is 0 Å². The number of hydrogen-bond donors (Lipinski definition) is 1. The molecule has 1 N–H and O–H groups in total. The Balaban J connectivity index is 1.91. The molecule has 2 rings (SSSR count). The number of hydrogen-bond acceptors (Lipinski definition) is 2. The molecule has 0 aromatic heterocycles. The first-order chi connectivity index (χ1) is 7.70. The Morgan fingerprint density at radius 3 is 2.50 bits per heavy atom. The maximum atomic E-state index is 10.7. The lowest BCUT2D eigenvalue weighted by Gasteiger charge is -2.38. The number of piperidine rings is 1. The Morgan fingerprint density at radius 1 is 1.38 bits per heavy atom. The maximum absolute atomic E-state index is 10.7. The lowest BCUT2D eigenvalue weighted by Crippen LogP contribution is -2.43. The number of carboxylic acid groups (broad SMARTS) is 1. The van der Waals surface area contributed by atoms with Crippen molar-refractivity contribution < 1.29 is 9.90 Å². The molecule has 2 unspecified atom stereocenters. The van der Waals surface area contributed by atoms with Gasteiger partial charge in [0.25, 0.3) is 0 Å². The third kappa shape index (κ3) is 2.38. The summed E-state index contributed by atoms with van der Waals surface area (Å²) < 4.78 is 0. The van der Waals surface area contributed by atoms with Gasteiger partial charge in [-0.2, -0.15) is 0 Å². The van der Waals surface area contributed by atoms with Crippen LogP contribution in [0.15, 0.2) is 0 Å². The van der Waals surface area contributed by atoms with E-state index in [-0.39, 0.29) is 0 Å². The second-order valence-corrected chi connectivity index (χ2v) is 5.01. The van der Waals surface area contributed by atoms with E-state index in [0.29, 0.717) is 24.4 Å². The number of rotatable bonds is 4. The van der Waals surface area contributed by atoms with Gasteiger partial charge in [-0.15, -0.1) is 12.3 Å². The number of carboxylic acids is 1. The van der Waals surface area contributed by atoms with Crippen LogP contribution in [0.1, 0.15) is 38.5 Å². The molecule has 0 aromatic rings. The second kappa shape index (κ2) is 4.88. The van der Waals surface area contributed by atoms with Crippen molar-refractivity contribution in [3.63, 3.8) is 0 Å². The van der Waals surface area contributed by atoms with E-state index >= 15 is 0 Å². The van der Waals surface area contributed by atoms with Gasteiger partial charge in [0.2, 0.25) is 0 Å². The summed E-state index contributed by atoms with van der Waals surface area (Å²) in [4.78, 5) is 13.2. The zero-order valence-electron chi connectivity index (χ0n) is 9.56. The van der Waals surface area contributed by atoms with Gasteiger partial charge in [0.1, 0.15) is 0 Å². The van der Waals surface area contributed by atoms with E-state index in [2.05, 4.69) is 10.8 Å². The third-order valence-corrected chi connectivity index (χ3v) is 3.96. The third-order valence-electron chi connectivity index (χ3n) is 3.96. The van der Waals surface area contributed by atoms with Crippen LogP contribution in [0.2, 0.25) is 0 Å².